The summed E-state index contributed by atoms with van der Waals surface area (Å²) in [7, 11) is 0. The molecule has 0 aliphatic carbocycles. The number of aliphatic imine (C=N–C) groups is 1. The normalized spacial score (nSPS) is 22.8. The van der Waals surface area contributed by atoms with Crippen molar-refractivity contribution in [3.05, 3.63) is 41.5 Å². The number of nitrogens with two attached hydrogens (primary N) is 3. The van der Waals surface area contributed by atoms with Gasteiger partial charge in [-0.3, -0.25) is 10.2 Å². The minimum absolute atomic E-state index is 0.0488. The highest BCUT2D eigenvalue weighted by Gasteiger charge is 2.40. The first-order valence-corrected chi connectivity index (χ1v) is 7.70. The van der Waals surface area contributed by atoms with Crippen LogP contribution < -0.4 is 27.4 Å². The highest BCUT2D eigenvalue weighted by Crippen LogP contribution is 2.44. The van der Waals surface area contributed by atoms with Gasteiger partial charge in [-0.15, -0.1) is 0 Å². The van der Waals surface area contributed by atoms with Crippen LogP contribution in [-0.4, -0.2) is 36.5 Å². The van der Waals surface area contributed by atoms with E-state index in [1.807, 2.05) is 31.2 Å². The van der Waals surface area contributed by atoms with Crippen LogP contribution in [0.2, 0.25) is 0 Å². The minimum atomic E-state index is -0.572. The number of primary amides is 1. The number of anilines is 1. The van der Waals surface area contributed by atoms with E-state index >= 15 is 0 Å². The summed E-state index contributed by atoms with van der Waals surface area (Å²) in [6.07, 6.45) is 1.57. The number of benzene rings is 1. The summed E-state index contributed by atoms with van der Waals surface area (Å²) >= 11 is 0. The van der Waals surface area contributed by atoms with Crippen molar-refractivity contribution in [2.75, 3.05) is 11.4 Å². The van der Waals surface area contributed by atoms with Crippen LogP contribution in [0.25, 0.3) is 0 Å². The van der Waals surface area contributed by atoms with Gasteiger partial charge in [-0.05, 0) is 18.6 Å². The van der Waals surface area contributed by atoms with Gasteiger partial charge in [-0.2, -0.15) is 0 Å². The highest BCUT2D eigenvalue weighted by atomic mass is 16.1. The Bertz CT molecular complexity index is 755. The maximum atomic E-state index is 11.6. The van der Waals surface area contributed by atoms with E-state index < -0.39 is 5.91 Å². The van der Waals surface area contributed by atoms with Crippen LogP contribution in [0.5, 0.6) is 0 Å². The second kappa shape index (κ2) is 5.88. The lowest BCUT2D eigenvalue weighted by atomic mass is 9.93. The van der Waals surface area contributed by atoms with Crippen molar-refractivity contribution in [3.8, 4) is 0 Å². The Morgan fingerprint density at radius 3 is 2.79 bits per heavy atom. The molecule has 1 amide bonds. The van der Waals surface area contributed by atoms with E-state index in [9.17, 15) is 4.79 Å². The maximum Gasteiger partial charge on any atom is 0.252 e. The molecule has 126 valence electrons. The second-order valence-electron chi connectivity index (χ2n) is 6.07. The van der Waals surface area contributed by atoms with Gasteiger partial charge in [0.25, 0.3) is 5.91 Å². The molecule has 1 aromatic carbocycles. The molecule has 0 fully saturated rings. The fourth-order valence-corrected chi connectivity index (χ4v) is 3.35. The average Bonchev–Trinajstić information content (AvgIpc) is 2.79. The largest absolute Gasteiger partial charge is 0.383 e. The van der Waals surface area contributed by atoms with E-state index in [1.165, 1.54) is 0 Å². The van der Waals surface area contributed by atoms with Crippen molar-refractivity contribution >= 4 is 23.4 Å². The number of guanidine groups is 1. The number of hydrogen-bond donors (Lipinski definition) is 5. The summed E-state index contributed by atoms with van der Waals surface area (Å²) in [5.74, 6) is -0.569. The number of rotatable bonds is 4. The Hall–Kier alpha value is -3.03. The number of carbonyl (C=O) groups is 1. The number of fused-ring (bicyclic) bond motifs is 3. The van der Waals surface area contributed by atoms with E-state index in [1.54, 1.807) is 6.08 Å². The SMILES string of the molecule is C[C@@H](CN1c2ccccc2C2C=C(C(N)=O)C(N)=NC21)NC(=N)N. The lowest BCUT2D eigenvalue weighted by Gasteiger charge is -2.31. The number of carbonyl (C=O) groups excluding carboxylic acids is 1. The van der Waals surface area contributed by atoms with E-state index in [-0.39, 0.29) is 35.5 Å². The Balaban J connectivity index is 1.97. The molecule has 1 aromatic rings. The van der Waals surface area contributed by atoms with Gasteiger partial charge < -0.3 is 27.4 Å². The third-order valence-electron chi connectivity index (χ3n) is 4.28. The van der Waals surface area contributed by atoms with Gasteiger partial charge in [0.2, 0.25) is 0 Å². The zero-order valence-corrected chi connectivity index (χ0v) is 13.4. The van der Waals surface area contributed by atoms with Crippen molar-refractivity contribution in [2.45, 2.75) is 25.0 Å². The van der Waals surface area contributed by atoms with Crippen molar-refractivity contribution in [1.29, 1.82) is 5.41 Å². The third-order valence-corrected chi connectivity index (χ3v) is 4.28. The van der Waals surface area contributed by atoms with Crippen LogP contribution in [0.1, 0.15) is 18.4 Å². The number of amides is 1. The number of dihydropyridines is 1. The molecule has 0 saturated carbocycles. The summed E-state index contributed by atoms with van der Waals surface area (Å²) in [6.45, 7) is 2.53. The topological polar surface area (TPSA) is 147 Å². The molecule has 0 radical (unpaired) electrons. The fourth-order valence-electron chi connectivity index (χ4n) is 3.35. The Morgan fingerprint density at radius 1 is 1.42 bits per heavy atom. The molecule has 3 rings (SSSR count). The molecule has 8 nitrogen and oxygen atoms in total. The second-order valence-corrected chi connectivity index (χ2v) is 6.07. The highest BCUT2D eigenvalue weighted by molar-refractivity contribution is 6.20. The van der Waals surface area contributed by atoms with Crippen LogP contribution >= 0.6 is 0 Å². The molecule has 0 saturated heterocycles. The first kappa shape index (κ1) is 15.9. The van der Waals surface area contributed by atoms with Crippen molar-refractivity contribution in [2.24, 2.45) is 22.2 Å². The molecule has 8 heteroatoms. The van der Waals surface area contributed by atoms with E-state index in [2.05, 4.69) is 15.2 Å². The summed E-state index contributed by atoms with van der Waals surface area (Å²) in [5, 5.41) is 10.3. The fraction of sp³-hybridized carbons (Fsp3) is 0.312. The maximum absolute atomic E-state index is 11.6. The van der Waals surface area contributed by atoms with Gasteiger partial charge >= 0.3 is 0 Å². The minimum Gasteiger partial charge on any atom is -0.383 e. The zero-order chi connectivity index (χ0) is 17.4. The predicted octanol–water partition coefficient (Wildman–Crippen LogP) is -0.430. The standard InChI is InChI=1S/C16H21N7O/c1-8(21-16(19)20)7-23-12-5-3-2-4-9(12)10-6-11(14(18)24)13(17)22-15(10)23/h2-6,8,10,15H,7H2,1H3,(H2,17,22)(H2,18,24)(H4,19,20,21)/t8-,10?,15?/m0/s1. The van der Waals surface area contributed by atoms with Crippen molar-refractivity contribution in [1.82, 2.24) is 5.32 Å². The van der Waals surface area contributed by atoms with Gasteiger partial charge in [0.05, 0.1) is 5.57 Å². The van der Waals surface area contributed by atoms with E-state index in [4.69, 9.17) is 22.6 Å². The number of para-hydroxylation sites is 1. The first-order valence-electron chi connectivity index (χ1n) is 7.70. The predicted molar refractivity (Wildman–Crippen MR) is 93.7 cm³/mol. The van der Waals surface area contributed by atoms with E-state index in [0.717, 1.165) is 11.3 Å². The van der Waals surface area contributed by atoms with Crippen molar-refractivity contribution < 1.29 is 4.79 Å². The molecule has 8 N–H and O–H groups in total. The molecule has 0 aromatic heterocycles. The van der Waals surface area contributed by atoms with Crippen LogP contribution in [0.15, 0.2) is 40.9 Å². The summed E-state index contributed by atoms with van der Waals surface area (Å²) in [4.78, 5) is 18.2. The van der Waals surface area contributed by atoms with Crippen LogP contribution in [-0.2, 0) is 4.79 Å². The van der Waals surface area contributed by atoms with Crippen LogP contribution in [0, 0.1) is 5.41 Å². The molecule has 0 bridgehead atoms. The van der Waals surface area contributed by atoms with Gasteiger partial charge in [-0.25, -0.2) is 4.99 Å². The number of nitrogens with zero attached hydrogens (tertiary/aromatic N) is 2. The smallest absolute Gasteiger partial charge is 0.252 e. The lowest BCUT2D eigenvalue weighted by Crippen LogP contribution is -2.48. The zero-order valence-electron chi connectivity index (χ0n) is 13.4. The Kier molecular flexibility index (Phi) is 3.88. The number of nitrogens with one attached hydrogen (secondary N) is 2. The van der Waals surface area contributed by atoms with Crippen LogP contribution in [0.4, 0.5) is 5.69 Å². The molecule has 2 unspecified atom stereocenters. The quantitative estimate of drug-likeness (QED) is 0.376. The lowest BCUT2D eigenvalue weighted by molar-refractivity contribution is -0.114. The third kappa shape index (κ3) is 2.66. The van der Waals surface area contributed by atoms with Crippen LogP contribution in [0.3, 0.4) is 0 Å². The molecule has 3 atom stereocenters. The molecule has 2 aliphatic rings. The molecule has 2 aliphatic heterocycles. The number of hydrogen-bond acceptors (Lipinski definition) is 5. The molecular weight excluding hydrogens is 306 g/mol. The van der Waals surface area contributed by atoms with Gasteiger partial charge in [-0.1, -0.05) is 24.3 Å². The molecule has 2 heterocycles. The van der Waals surface area contributed by atoms with E-state index in [0.29, 0.717) is 6.54 Å². The Labute approximate surface area is 139 Å². The van der Waals surface area contributed by atoms with Gasteiger partial charge in [0.15, 0.2) is 5.96 Å². The first-order chi connectivity index (χ1) is 11.4. The monoisotopic (exact) mass is 327 g/mol. The summed E-state index contributed by atoms with van der Waals surface area (Å²) in [5.41, 5.74) is 19.1. The van der Waals surface area contributed by atoms with Gasteiger partial charge in [0, 0.05) is 24.2 Å². The van der Waals surface area contributed by atoms with Gasteiger partial charge in [0.1, 0.15) is 12.0 Å². The van der Waals surface area contributed by atoms with Crippen molar-refractivity contribution in [3.63, 3.8) is 0 Å². The molecule has 0 spiro atoms. The summed E-state index contributed by atoms with van der Waals surface area (Å²) in [6, 6.07) is 7.89. The Morgan fingerprint density at radius 2 is 2.12 bits per heavy atom. The molecular formula is C16H21N7O. The molecule has 24 heavy (non-hydrogen) atoms. The average molecular weight is 327 g/mol. The summed E-state index contributed by atoms with van der Waals surface area (Å²) < 4.78 is 0. The number of amidine groups is 1.